The summed E-state index contributed by atoms with van der Waals surface area (Å²) in [5.74, 6) is -0.833. The number of carbonyl (C=O) groups is 1. The molecule has 0 aromatic heterocycles. The molecule has 0 saturated heterocycles. The topological polar surface area (TPSA) is 112 Å². The first-order valence-corrected chi connectivity index (χ1v) is 3.02. The fraction of sp³-hybridized carbons (Fsp3) is 0.500. The Bertz CT molecular complexity index is 163. The monoisotopic (exact) mass is 300 g/mol. The molecule has 0 aliphatic rings. The maximum atomic E-state index is 9.00. The van der Waals surface area contributed by atoms with Crippen molar-refractivity contribution >= 4 is 104 Å². The van der Waals surface area contributed by atoms with E-state index < -0.39 is 16.4 Å². The van der Waals surface area contributed by atoms with Crippen LogP contribution in [0.3, 0.4) is 0 Å². The second kappa shape index (κ2) is 12.0. The van der Waals surface area contributed by atoms with Crippen molar-refractivity contribution in [3.63, 3.8) is 0 Å². The Labute approximate surface area is 135 Å². The van der Waals surface area contributed by atoms with E-state index in [1.165, 1.54) is 0 Å². The Hall–Kier alpha value is 1.99. The van der Waals surface area contributed by atoms with Gasteiger partial charge >= 0.3 is 98.2 Å². The third-order valence-corrected chi connectivity index (χ3v) is 0. The summed E-state index contributed by atoms with van der Waals surface area (Å²) in [7, 11) is -4.67. The van der Waals surface area contributed by atoms with Crippen LogP contribution in [0.25, 0.3) is 0 Å². The predicted octanol–water partition coefficient (Wildman–Crippen LogP) is -1.86. The third-order valence-electron chi connectivity index (χ3n) is 0. The number of aliphatic carboxylic acids is 1. The number of rotatable bonds is 0. The van der Waals surface area contributed by atoms with Gasteiger partial charge in [-0.05, 0) is 0 Å². The number of hydrogen-bond acceptors (Lipinski definition) is 3. The van der Waals surface area contributed by atoms with Crippen molar-refractivity contribution in [2.75, 3.05) is 0 Å². The molecule has 0 saturated carbocycles. The Kier molecular flexibility index (Phi) is 25.2. The second-order valence-electron chi connectivity index (χ2n) is 0.967. The van der Waals surface area contributed by atoms with E-state index in [-0.39, 0.29) is 87.8 Å². The summed E-state index contributed by atoms with van der Waals surface area (Å²) in [4.78, 5) is 9.00. The number of hydrogen-bond donors (Lipinski definition) is 3. The third kappa shape index (κ3) is 302. The molecule has 0 fully saturated rings. The van der Waals surface area contributed by atoms with Gasteiger partial charge in [-0.2, -0.15) is 8.42 Å². The molecule has 0 amide bonds. The van der Waals surface area contributed by atoms with Crippen LogP contribution in [0.2, 0.25) is 0 Å². The van der Waals surface area contributed by atoms with E-state index >= 15 is 0 Å². The zero-order valence-corrected chi connectivity index (χ0v) is 5.29. The number of carboxylic acids is 1. The van der Waals surface area contributed by atoms with Gasteiger partial charge in [-0.15, -0.1) is 0 Å². The van der Waals surface area contributed by atoms with Gasteiger partial charge in [0.15, 0.2) is 0 Å². The molecule has 0 rings (SSSR count). The maximum absolute atomic E-state index is 9.00. The standard InChI is InChI=1S/C2H4O2.Cs.Li.H2O4S.2H/c1-2(3)4;;;1-5(2,3)4;;/h1H3,(H,3,4);;;(H2,1,2,3,4);;. The fourth-order valence-electron chi connectivity index (χ4n) is 0. The molecular formula is C2H8CsLiO6S. The summed E-state index contributed by atoms with van der Waals surface area (Å²) in [5, 5.41) is 7.42. The van der Waals surface area contributed by atoms with Crippen LogP contribution >= 0.6 is 0 Å². The average Bonchev–Trinajstić information content (AvgIpc) is 1.19. The minimum absolute atomic E-state index is 0. The van der Waals surface area contributed by atoms with Crippen molar-refractivity contribution < 1.29 is 27.4 Å². The quantitative estimate of drug-likeness (QED) is 0.357. The fourth-order valence-corrected chi connectivity index (χ4v) is 0. The van der Waals surface area contributed by atoms with Crippen LogP contribution < -0.4 is 0 Å². The van der Waals surface area contributed by atoms with Crippen LogP contribution in [0.5, 0.6) is 0 Å². The van der Waals surface area contributed by atoms with Gasteiger partial charge in [-0.25, -0.2) is 0 Å². The zero-order chi connectivity index (χ0) is 8.08. The molecule has 6 nitrogen and oxygen atoms in total. The zero-order valence-electron chi connectivity index (χ0n) is 4.47. The average molecular weight is 300 g/mol. The van der Waals surface area contributed by atoms with Gasteiger partial charge in [-0.3, -0.25) is 13.9 Å². The molecule has 0 bridgehead atoms. The van der Waals surface area contributed by atoms with E-state index in [0.717, 1.165) is 6.92 Å². The van der Waals surface area contributed by atoms with Crippen molar-refractivity contribution in [3.8, 4) is 0 Å². The van der Waals surface area contributed by atoms with Crippen LogP contribution in [0, 0.1) is 0 Å². The van der Waals surface area contributed by atoms with Crippen molar-refractivity contribution in [3.05, 3.63) is 0 Å². The molecule has 9 heteroatoms. The molecule has 0 unspecified atom stereocenters. The van der Waals surface area contributed by atoms with Gasteiger partial charge in [0, 0.05) is 6.92 Å². The molecule has 0 radical (unpaired) electrons. The van der Waals surface area contributed by atoms with Crippen LogP contribution in [-0.2, 0) is 15.2 Å². The Morgan fingerprint density at radius 2 is 1.27 bits per heavy atom. The molecular weight excluding hydrogens is 292 g/mol. The van der Waals surface area contributed by atoms with E-state index in [1.54, 1.807) is 0 Å². The van der Waals surface area contributed by atoms with Crippen molar-refractivity contribution in [2.45, 2.75) is 6.92 Å². The molecule has 0 spiro atoms. The molecule has 0 heterocycles. The minimum atomic E-state index is -4.67. The van der Waals surface area contributed by atoms with Crippen LogP contribution in [-0.4, -0.2) is 116 Å². The van der Waals surface area contributed by atoms with Crippen molar-refractivity contribution in [2.24, 2.45) is 0 Å². The van der Waals surface area contributed by atoms with Crippen molar-refractivity contribution in [1.29, 1.82) is 0 Å². The first-order chi connectivity index (χ1) is 3.73. The van der Waals surface area contributed by atoms with E-state index in [9.17, 15) is 0 Å². The van der Waals surface area contributed by atoms with Crippen molar-refractivity contribution in [1.82, 2.24) is 0 Å². The molecule has 0 aliphatic heterocycles. The van der Waals surface area contributed by atoms with E-state index in [4.69, 9.17) is 27.4 Å². The summed E-state index contributed by atoms with van der Waals surface area (Å²) in [6.07, 6.45) is 0. The summed E-state index contributed by atoms with van der Waals surface area (Å²) in [6, 6.07) is 0. The summed E-state index contributed by atoms with van der Waals surface area (Å²) in [6.45, 7) is 1.08. The Balaban J connectivity index is -0.0000000383. The molecule has 0 aromatic carbocycles. The van der Waals surface area contributed by atoms with Gasteiger partial charge in [0.1, 0.15) is 0 Å². The van der Waals surface area contributed by atoms with Crippen LogP contribution in [0.4, 0.5) is 0 Å². The van der Waals surface area contributed by atoms with Gasteiger partial charge < -0.3 is 5.11 Å². The summed E-state index contributed by atoms with van der Waals surface area (Å²) < 4.78 is 31.6. The Morgan fingerprint density at radius 1 is 1.27 bits per heavy atom. The molecule has 3 N–H and O–H groups in total. The predicted molar refractivity (Wildman–Crippen MR) is 41.8 cm³/mol. The summed E-state index contributed by atoms with van der Waals surface area (Å²) in [5.41, 5.74) is 0. The van der Waals surface area contributed by atoms with Gasteiger partial charge in [0.05, 0.1) is 0 Å². The first-order valence-electron chi connectivity index (χ1n) is 1.63. The van der Waals surface area contributed by atoms with Crippen LogP contribution in [0.1, 0.15) is 6.92 Å². The second-order valence-corrected chi connectivity index (χ2v) is 1.86. The summed E-state index contributed by atoms with van der Waals surface area (Å²) >= 11 is 0. The normalized spacial score (nSPS) is 7.55. The van der Waals surface area contributed by atoms with Gasteiger partial charge in [-0.1, -0.05) is 0 Å². The molecule has 0 aliphatic carbocycles. The van der Waals surface area contributed by atoms with Gasteiger partial charge in [0.25, 0.3) is 5.97 Å². The van der Waals surface area contributed by atoms with Gasteiger partial charge in [0.2, 0.25) is 0 Å². The van der Waals surface area contributed by atoms with Crippen LogP contribution in [0.15, 0.2) is 0 Å². The van der Waals surface area contributed by atoms with E-state index in [2.05, 4.69) is 0 Å². The van der Waals surface area contributed by atoms with E-state index in [0.29, 0.717) is 0 Å². The SMILES string of the molecule is CC(=O)O.O=S(=O)(O)O.[CsH].[LiH]. The molecule has 0 atom stereocenters. The first kappa shape index (κ1) is 23.1. The molecule has 11 heavy (non-hydrogen) atoms. The number of carboxylic acid groups (broad SMARTS) is 1. The Morgan fingerprint density at radius 3 is 1.27 bits per heavy atom. The molecule has 60 valence electrons. The van der Waals surface area contributed by atoms with E-state index in [1.807, 2.05) is 0 Å². The molecule has 0 aromatic rings.